The van der Waals surface area contributed by atoms with Crippen molar-refractivity contribution in [1.82, 2.24) is 0 Å². The van der Waals surface area contributed by atoms with Crippen molar-refractivity contribution >= 4 is 5.78 Å². The van der Waals surface area contributed by atoms with Gasteiger partial charge in [0.15, 0.2) is 5.78 Å². The van der Waals surface area contributed by atoms with Gasteiger partial charge in [0.1, 0.15) is 5.60 Å². The van der Waals surface area contributed by atoms with Crippen LogP contribution in [0.25, 0.3) is 0 Å². The number of methoxy groups -OCH3 is 1. The van der Waals surface area contributed by atoms with E-state index in [2.05, 4.69) is 0 Å². The molecule has 0 amide bonds. The Morgan fingerprint density at radius 1 is 1.28 bits per heavy atom. The van der Waals surface area contributed by atoms with Crippen LogP contribution < -0.4 is 0 Å². The molecule has 18 heavy (non-hydrogen) atoms. The summed E-state index contributed by atoms with van der Waals surface area (Å²) < 4.78 is 5.49. The maximum atomic E-state index is 12.0. The Morgan fingerprint density at radius 3 is 2.67 bits per heavy atom. The van der Waals surface area contributed by atoms with E-state index in [4.69, 9.17) is 4.74 Å². The summed E-state index contributed by atoms with van der Waals surface area (Å²) in [5, 5.41) is 0. The average Bonchev–Trinajstić information content (AvgIpc) is 2.47. The first-order valence-electron chi connectivity index (χ1n) is 5.94. The SMILES string of the molecule is COC1(C=CC(=O)c2ccccc2)C=CC=CC1. The summed E-state index contributed by atoms with van der Waals surface area (Å²) in [6, 6.07) is 9.23. The number of carbonyl (C=O) groups is 1. The van der Waals surface area contributed by atoms with E-state index in [9.17, 15) is 4.79 Å². The molecule has 2 heteroatoms. The van der Waals surface area contributed by atoms with Crippen LogP contribution in [0.15, 0.2) is 66.8 Å². The molecule has 1 unspecified atom stereocenters. The van der Waals surface area contributed by atoms with Gasteiger partial charge in [0.2, 0.25) is 0 Å². The molecule has 2 nitrogen and oxygen atoms in total. The fourth-order valence-corrected chi connectivity index (χ4v) is 1.88. The van der Waals surface area contributed by atoms with Crippen LogP contribution in [0.1, 0.15) is 16.8 Å². The molecule has 0 aromatic heterocycles. The van der Waals surface area contributed by atoms with Gasteiger partial charge in [-0.05, 0) is 18.2 Å². The molecule has 1 aromatic carbocycles. The highest BCUT2D eigenvalue weighted by Crippen LogP contribution is 2.23. The minimum atomic E-state index is -0.487. The van der Waals surface area contributed by atoms with Crippen molar-refractivity contribution < 1.29 is 9.53 Å². The van der Waals surface area contributed by atoms with Gasteiger partial charge in [-0.3, -0.25) is 4.79 Å². The summed E-state index contributed by atoms with van der Waals surface area (Å²) in [6.07, 6.45) is 12.1. The van der Waals surface area contributed by atoms with Crippen molar-refractivity contribution in [3.8, 4) is 0 Å². The van der Waals surface area contributed by atoms with E-state index in [1.165, 1.54) is 0 Å². The normalized spacial score (nSPS) is 22.5. The molecule has 1 atom stereocenters. The maximum absolute atomic E-state index is 12.0. The van der Waals surface area contributed by atoms with Crippen LogP contribution in [0, 0.1) is 0 Å². The summed E-state index contributed by atoms with van der Waals surface area (Å²) >= 11 is 0. The van der Waals surface area contributed by atoms with E-state index in [1.807, 2.05) is 60.7 Å². The molecule has 0 heterocycles. The second kappa shape index (κ2) is 5.61. The van der Waals surface area contributed by atoms with Crippen molar-refractivity contribution in [3.63, 3.8) is 0 Å². The molecule has 0 N–H and O–H groups in total. The monoisotopic (exact) mass is 240 g/mol. The fraction of sp³-hybridized carbons (Fsp3) is 0.188. The lowest BCUT2D eigenvalue weighted by Crippen LogP contribution is -2.26. The van der Waals surface area contributed by atoms with Gasteiger partial charge >= 0.3 is 0 Å². The van der Waals surface area contributed by atoms with Gasteiger partial charge in [-0.25, -0.2) is 0 Å². The third kappa shape index (κ3) is 2.84. The molecule has 0 saturated heterocycles. The first kappa shape index (κ1) is 12.5. The van der Waals surface area contributed by atoms with Gasteiger partial charge < -0.3 is 4.74 Å². The van der Waals surface area contributed by atoms with E-state index in [0.717, 1.165) is 6.42 Å². The van der Waals surface area contributed by atoms with Crippen LogP contribution in [0.4, 0.5) is 0 Å². The first-order valence-corrected chi connectivity index (χ1v) is 5.94. The molecule has 1 aliphatic rings. The number of carbonyl (C=O) groups excluding carboxylic acids is 1. The topological polar surface area (TPSA) is 26.3 Å². The largest absolute Gasteiger partial charge is 0.370 e. The van der Waals surface area contributed by atoms with Crippen molar-refractivity contribution in [2.75, 3.05) is 7.11 Å². The number of ether oxygens (including phenoxy) is 1. The number of benzene rings is 1. The van der Waals surface area contributed by atoms with E-state index >= 15 is 0 Å². The molecule has 0 saturated carbocycles. The number of ketones is 1. The molecule has 0 aliphatic heterocycles. The summed E-state index contributed by atoms with van der Waals surface area (Å²) in [5.41, 5.74) is 0.203. The van der Waals surface area contributed by atoms with Crippen LogP contribution in [-0.2, 0) is 4.74 Å². The summed E-state index contributed by atoms with van der Waals surface area (Å²) in [5.74, 6) is -0.00465. The summed E-state index contributed by atoms with van der Waals surface area (Å²) in [6.45, 7) is 0. The zero-order valence-electron chi connectivity index (χ0n) is 10.4. The van der Waals surface area contributed by atoms with E-state index in [0.29, 0.717) is 5.56 Å². The Hall–Kier alpha value is -1.93. The van der Waals surface area contributed by atoms with E-state index in [-0.39, 0.29) is 5.78 Å². The zero-order valence-corrected chi connectivity index (χ0v) is 10.4. The quantitative estimate of drug-likeness (QED) is 0.596. The maximum Gasteiger partial charge on any atom is 0.185 e. The number of rotatable bonds is 4. The molecule has 1 aliphatic carbocycles. The summed E-state index contributed by atoms with van der Waals surface area (Å²) in [4.78, 5) is 12.0. The van der Waals surface area contributed by atoms with Crippen LogP contribution in [0.2, 0.25) is 0 Å². The Morgan fingerprint density at radius 2 is 2.06 bits per heavy atom. The minimum Gasteiger partial charge on any atom is -0.370 e. The molecule has 0 fully saturated rings. The fourth-order valence-electron chi connectivity index (χ4n) is 1.88. The van der Waals surface area contributed by atoms with E-state index in [1.54, 1.807) is 13.2 Å². The second-order valence-electron chi connectivity index (χ2n) is 4.21. The Balaban J connectivity index is 2.13. The smallest absolute Gasteiger partial charge is 0.185 e. The number of hydrogen-bond acceptors (Lipinski definition) is 2. The average molecular weight is 240 g/mol. The molecular weight excluding hydrogens is 224 g/mol. The highest BCUT2D eigenvalue weighted by Gasteiger charge is 2.23. The third-order valence-corrected chi connectivity index (χ3v) is 3.02. The van der Waals surface area contributed by atoms with E-state index < -0.39 is 5.60 Å². The van der Waals surface area contributed by atoms with Crippen molar-refractivity contribution in [3.05, 3.63) is 72.4 Å². The van der Waals surface area contributed by atoms with Gasteiger partial charge in [0.25, 0.3) is 0 Å². The highest BCUT2D eigenvalue weighted by atomic mass is 16.5. The predicted molar refractivity (Wildman–Crippen MR) is 72.5 cm³/mol. The van der Waals surface area contributed by atoms with Crippen LogP contribution in [0.5, 0.6) is 0 Å². The Kier molecular flexibility index (Phi) is 3.90. The Bertz CT molecular complexity index is 497. The molecule has 0 bridgehead atoms. The van der Waals surface area contributed by atoms with Crippen LogP contribution >= 0.6 is 0 Å². The molecule has 0 radical (unpaired) electrons. The van der Waals surface area contributed by atoms with Crippen LogP contribution in [-0.4, -0.2) is 18.5 Å². The molecule has 1 aromatic rings. The molecule has 2 rings (SSSR count). The zero-order chi connectivity index (χ0) is 12.8. The van der Waals surface area contributed by atoms with Gasteiger partial charge in [0, 0.05) is 19.1 Å². The molecule has 92 valence electrons. The lowest BCUT2D eigenvalue weighted by atomic mass is 9.93. The molecular formula is C16H16O2. The molecule has 0 spiro atoms. The van der Waals surface area contributed by atoms with Gasteiger partial charge in [0.05, 0.1) is 0 Å². The lowest BCUT2D eigenvalue weighted by Gasteiger charge is -2.25. The highest BCUT2D eigenvalue weighted by molar-refractivity contribution is 6.04. The lowest BCUT2D eigenvalue weighted by molar-refractivity contribution is 0.0751. The van der Waals surface area contributed by atoms with Gasteiger partial charge in [-0.2, -0.15) is 0 Å². The predicted octanol–water partition coefficient (Wildman–Crippen LogP) is 3.33. The van der Waals surface area contributed by atoms with Crippen molar-refractivity contribution in [1.29, 1.82) is 0 Å². The number of hydrogen-bond donors (Lipinski definition) is 0. The van der Waals surface area contributed by atoms with Crippen LogP contribution in [0.3, 0.4) is 0 Å². The van der Waals surface area contributed by atoms with Gasteiger partial charge in [-0.1, -0.05) is 48.6 Å². The summed E-state index contributed by atoms with van der Waals surface area (Å²) in [7, 11) is 1.65. The first-order chi connectivity index (χ1) is 8.76. The minimum absolute atomic E-state index is 0.00465. The van der Waals surface area contributed by atoms with Gasteiger partial charge in [-0.15, -0.1) is 0 Å². The van der Waals surface area contributed by atoms with Crippen molar-refractivity contribution in [2.45, 2.75) is 12.0 Å². The standard InChI is InChI=1S/C16H16O2/c1-18-16(11-6-3-7-12-16)13-10-15(17)14-8-4-2-5-9-14/h2-11,13H,12H2,1H3. The third-order valence-electron chi connectivity index (χ3n) is 3.02. The van der Waals surface area contributed by atoms with Crippen molar-refractivity contribution in [2.24, 2.45) is 0 Å². The Labute approximate surface area is 107 Å². The number of allylic oxidation sites excluding steroid dienone is 3. The second-order valence-corrected chi connectivity index (χ2v) is 4.21.